The lowest BCUT2D eigenvalue weighted by Gasteiger charge is -2.13. The van der Waals surface area contributed by atoms with Crippen molar-refractivity contribution in [2.45, 2.75) is 11.8 Å². The van der Waals surface area contributed by atoms with E-state index in [1.807, 2.05) is 42.5 Å². The lowest BCUT2D eigenvalue weighted by atomic mass is 10.2. The van der Waals surface area contributed by atoms with Crippen LogP contribution in [-0.4, -0.2) is 32.5 Å². The summed E-state index contributed by atoms with van der Waals surface area (Å²) >= 11 is 1.77. The number of methoxy groups -OCH3 is 2. The van der Waals surface area contributed by atoms with Gasteiger partial charge >= 0.3 is 0 Å². The van der Waals surface area contributed by atoms with Gasteiger partial charge in [-0.05, 0) is 30.2 Å². The Hall–Kier alpha value is -1.61. The van der Waals surface area contributed by atoms with Gasteiger partial charge in [0.1, 0.15) is 11.5 Å². The van der Waals surface area contributed by atoms with Crippen molar-refractivity contribution in [3.05, 3.63) is 48.5 Å². The van der Waals surface area contributed by atoms with Crippen molar-refractivity contribution in [1.29, 1.82) is 0 Å². The van der Waals surface area contributed by atoms with E-state index in [-0.39, 0.29) is 24.0 Å². The Bertz CT molecular complexity index is 713. The van der Waals surface area contributed by atoms with Gasteiger partial charge in [-0.1, -0.05) is 31.2 Å². The number of para-hydroxylation sites is 3. The highest BCUT2D eigenvalue weighted by Gasteiger charge is 2.07. The van der Waals surface area contributed by atoms with E-state index in [4.69, 9.17) is 15.2 Å². The Morgan fingerprint density at radius 2 is 1.69 bits per heavy atom. The summed E-state index contributed by atoms with van der Waals surface area (Å²) in [4.78, 5) is 5.57. The topological polar surface area (TPSA) is 68.9 Å². The van der Waals surface area contributed by atoms with Crippen LogP contribution in [0.15, 0.2) is 58.4 Å². The van der Waals surface area contributed by atoms with E-state index >= 15 is 0 Å². The summed E-state index contributed by atoms with van der Waals surface area (Å²) in [5.41, 5.74) is 6.79. The van der Waals surface area contributed by atoms with Crippen LogP contribution < -0.4 is 20.5 Å². The molecule has 0 aliphatic rings. The minimum Gasteiger partial charge on any atom is -0.496 e. The van der Waals surface area contributed by atoms with Gasteiger partial charge in [-0.25, -0.2) is 0 Å². The summed E-state index contributed by atoms with van der Waals surface area (Å²) < 4.78 is 10.7. The fourth-order valence-electron chi connectivity index (χ4n) is 2.20. The second-order valence-electron chi connectivity index (χ2n) is 5.62. The Balaban J connectivity index is 0.00000338. The van der Waals surface area contributed by atoms with Gasteiger partial charge in [0.25, 0.3) is 0 Å². The van der Waals surface area contributed by atoms with E-state index < -0.39 is 0 Å². The molecule has 0 spiro atoms. The second kappa shape index (κ2) is 11.9. The molecule has 2 aromatic rings. The number of anilines is 1. The summed E-state index contributed by atoms with van der Waals surface area (Å²) in [5.74, 6) is 3.35. The summed E-state index contributed by atoms with van der Waals surface area (Å²) in [6.45, 7) is 2.80. The van der Waals surface area contributed by atoms with Crippen LogP contribution >= 0.6 is 35.7 Å². The zero-order valence-corrected chi connectivity index (χ0v) is 18.4. The van der Waals surface area contributed by atoms with Crippen LogP contribution in [0.2, 0.25) is 0 Å². The van der Waals surface area contributed by atoms with Gasteiger partial charge in [0.05, 0.1) is 19.9 Å². The van der Waals surface area contributed by atoms with E-state index in [0.717, 1.165) is 27.8 Å². The van der Waals surface area contributed by atoms with Crippen molar-refractivity contribution in [2.24, 2.45) is 16.6 Å². The number of guanidine groups is 1. The number of hydrogen-bond donors (Lipinski definition) is 2. The molecule has 7 heteroatoms. The van der Waals surface area contributed by atoms with E-state index in [1.54, 1.807) is 26.0 Å². The Labute approximate surface area is 176 Å². The number of nitrogens with two attached hydrogens (primary N) is 1. The maximum Gasteiger partial charge on any atom is 0.193 e. The maximum absolute atomic E-state index is 5.99. The molecule has 0 saturated heterocycles. The summed E-state index contributed by atoms with van der Waals surface area (Å²) in [6.07, 6.45) is 0. The monoisotopic (exact) mass is 487 g/mol. The number of thioether (sulfide) groups is 1. The molecule has 3 N–H and O–H groups in total. The number of nitrogens with one attached hydrogen (secondary N) is 1. The van der Waals surface area contributed by atoms with E-state index in [0.29, 0.717) is 18.4 Å². The molecule has 0 bridgehead atoms. The first-order valence-electron chi connectivity index (χ1n) is 8.09. The molecule has 0 aromatic heterocycles. The van der Waals surface area contributed by atoms with Crippen LogP contribution in [0.1, 0.15) is 6.92 Å². The van der Waals surface area contributed by atoms with Crippen molar-refractivity contribution in [1.82, 2.24) is 0 Å². The van der Waals surface area contributed by atoms with Gasteiger partial charge in [-0.3, -0.25) is 4.99 Å². The van der Waals surface area contributed by atoms with Gasteiger partial charge < -0.3 is 20.5 Å². The van der Waals surface area contributed by atoms with Crippen LogP contribution in [0.3, 0.4) is 0 Å². The smallest absolute Gasteiger partial charge is 0.193 e. The molecule has 2 rings (SSSR count). The highest BCUT2D eigenvalue weighted by Crippen LogP contribution is 2.30. The summed E-state index contributed by atoms with van der Waals surface area (Å²) in [7, 11) is 3.32. The zero-order valence-electron chi connectivity index (χ0n) is 15.3. The number of benzene rings is 2. The Morgan fingerprint density at radius 3 is 2.38 bits per heavy atom. The first-order chi connectivity index (χ1) is 12.1. The van der Waals surface area contributed by atoms with Crippen molar-refractivity contribution >= 4 is 47.4 Å². The largest absolute Gasteiger partial charge is 0.496 e. The van der Waals surface area contributed by atoms with Crippen molar-refractivity contribution in [3.8, 4) is 11.5 Å². The molecule has 0 amide bonds. The fourth-order valence-corrected chi connectivity index (χ4v) is 3.24. The van der Waals surface area contributed by atoms with Crippen LogP contribution in [0, 0.1) is 5.92 Å². The first-order valence-corrected chi connectivity index (χ1v) is 9.08. The average molecular weight is 487 g/mol. The SMILES string of the molecule is COc1ccccc1NC(N)=NCC(C)CSc1ccccc1OC.I. The predicted octanol–water partition coefficient (Wildman–Crippen LogP) is 4.48. The third-order valence-electron chi connectivity index (χ3n) is 3.54. The standard InChI is InChI=1S/C19H25N3O2S.HI/c1-14(13-25-18-11-7-6-10-17(18)24-3)12-21-19(20)22-15-8-4-5-9-16(15)23-2;/h4-11,14H,12-13H2,1-3H3,(H3,20,21,22);1H. The molecule has 5 nitrogen and oxygen atoms in total. The van der Waals surface area contributed by atoms with Gasteiger partial charge in [-0.15, -0.1) is 35.7 Å². The summed E-state index contributed by atoms with van der Waals surface area (Å²) in [6, 6.07) is 15.6. The molecule has 0 aliphatic carbocycles. The van der Waals surface area contributed by atoms with Crippen LogP contribution in [0.4, 0.5) is 5.69 Å². The molecule has 26 heavy (non-hydrogen) atoms. The van der Waals surface area contributed by atoms with Gasteiger partial charge in [-0.2, -0.15) is 0 Å². The molecular formula is C19H26IN3O2S. The van der Waals surface area contributed by atoms with Gasteiger partial charge in [0.2, 0.25) is 0 Å². The molecule has 0 saturated carbocycles. The minimum absolute atomic E-state index is 0. The second-order valence-corrected chi connectivity index (χ2v) is 6.68. The number of ether oxygens (including phenoxy) is 2. The molecule has 142 valence electrons. The quantitative estimate of drug-likeness (QED) is 0.249. The average Bonchev–Trinajstić information content (AvgIpc) is 2.65. The number of hydrogen-bond acceptors (Lipinski definition) is 4. The molecule has 0 fully saturated rings. The molecular weight excluding hydrogens is 461 g/mol. The molecule has 0 heterocycles. The van der Waals surface area contributed by atoms with E-state index in [1.165, 1.54) is 0 Å². The maximum atomic E-state index is 5.99. The van der Waals surface area contributed by atoms with E-state index in [2.05, 4.69) is 23.3 Å². The van der Waals surface area contributed by atoms with E-state index in [9.17, 15) is 0 Å². The highest BCUT2D eigenvalue weighted by molar-refractivity contribution is 14.0. The lowest BCUT2D eigenvalue weighted by molar-refractivity contribution is 0.405. The van der Waals surface area contributed by atoms with Gasteiger partial charge in [0.15, 0.2) is 5.96 Å². The first kappa shape index (κ1) is 22.4. The number of nitrogens with zero attached hydrogens (tertiary/aromatic N) is 1. The van der Waals surface area contributed by atoms with Crippen LogP contribution in [-0.2, 0) is 0 Å². The van der Waals surface area contributed by atoms with Crippen molar-refractivity contribution in [3.63, 3.8) is 0 Å². The summed E-state index contributed by atoms with van der Waals surface area (Å²) in [5, 5.41) is 3.08. The van der Waals surface area contributed by atoms with Gasteiger partial charge in [0, 0.05) is 17.2 Å². The van der Waals surface area contributed by atoms with Crippen LogP contribution in [0.5, 0.6) is 11.5 Å². The normalized spacial score (nSPS) is 12.0. The number of rotatable bonds is 8. The zero-order chi connectivity index (χ0) is 18.1. The van der Waals surface area contributed by atoms with Crippen molar-refractivity contribution in [2.75, 3.05) is 31.8 Å². The lowest BCUT2D eigenvalue weighted by Crippen LogP contribution is -2.24. The van der Waals surface area contributed by atoms with Crippen molar-refractivity contribution < 1.29 is 9.47 Å². The predicted molar refractivity (Wildman–Crippen MR) is 121 cm³/mol. The highest BCUT2D eigenvalue weighted by atomic mass is 127. The molecule has 0 radical (unpaired) electrons. The molecule has 1 unspecified atom stereocenters. The number of aliphatic imine (C=N–C) groups is 1. The third-order valence-corrected chi connectivity index (χ3v) is 4.92. The minimum atomic E-state index is 0. The fraction of sp³-hybridized carbons (Fsp3) is 0.316. The molecule has 1 atom stereocenters. The number of halogens is 1. The molecule has 2 aromatic carbocycles. The molecule has 0 aliphatic heterocycles. The Kier molecular flexibility index (Phi) is 10.3. The van der Waals surface area contributed by atoms with Crippen LogP contribution in [0.25, 0.3) is 0 Å². The third kappa shape index (κ3) is 6.95. The Morgan fingerprint density at radius 1 is 1.08 bits per heavy atom.